The van der Waals surface area contributed by atoms with E-state index < -0.39 is 0 Å². The van der Waals surface area contributed by atoms with Gasteiger partial charge in [-0.25, -0.2) is 4.39 Å². The van der Waals surface area contributed by atoms with E-state index in [1.807, 2.05) is 0 Å². The van der Waals surface area contributed by atoms with Crippen LogP contribution >= 0.6 is 0 Å². The predicted molar refractivity (Wildman–Crippen MR) is 95.1 cm³/mol. The number of nitrogens with zero attached hydrogens (tertiary/aromatic N) is 2. The largest absolute Gasteiger partial charge is 0.411 e. The van der Waals surface area contributed by atoms with Crippen LogP contribution in [0.25, 0.3) is 0 Å². The van der Waals surface area contributed by atoms with Gasteiger partial charge in [-0.3, -0.25) is 0 Å². The van der Waals surface area contributed by atoms with Gasteiger partial charge in [0.25, 0.3) is 0 Å². The molecule has 0 amide bonds. The molecule has 0 bridgehead atoms. The first kappa shape index (κ1) is 17.4. The molecule has 132 valence electrons. The number of likely N-dealkylation sites (tertiary alicyclic amines) is 1. The van der Waals surface area contributed by atoms with Gasteiger partial charge in [0.15, 0.2) is 0 Å². The number of hydrogen-bond acceptors (Lipinski definition) is 3. The molecule has 3 nitrogen and oxygen atoms in total. The van der Waals surface area contributed by atoms with Gasteiger partial charge in [0.2, 0.25) is 0 Å². The van der Waals surface area contributed by atoms with E-state index in [1.54, 1.807) is 12.1 Å². The number of hydrogen-bond donors (Lipinski definition) is 1. The molecule has 24 heavy (non-hydrogen) atoms. The van der Waals surface area contributed by atoms with Gasteiger partial charge in [-0.1, -0.05) is 36.6 Å². The molecule has 0 unspecified atom stereocenters. The lowest BCUT2D eigenvalue weighted by Crippen LogP contribution is -2.41. The molecule has 1 aliphatic carbocycles. The van der Waals surface area contributed by atoms with Gasteiger partial charge in [0.1, 0.15) is 5.82 Å². The summed E-state index contributed by atoms with van der Waals surface area (Å²) in [5.74, 6) is -0.263. The Labute approximate surface area is 144 Å². The molecule has 1 spiro atoms. The molecule has 2 aliphatic rings. The summed E-state index contributed by atoms with van der Waals surface area (Å²) in [6.07, 6.45) is 11.6. The highest BCUT2D eigenvalue weighted by Crippen LogP contribution is 2.44. The highest BCUT2D eigenvalue weighted by atomic mass is 19.1. The van der Waals surface area contributed by atoms with Gasteiger partial charge in [-0.2, -0.15) is 0 Å². The van der Waals surface area contributed by atoms with Crippen LogP contribution < -0.4 is 0 Å². The average Bonchev–Trinajstić information content (AvgIpc) is 2.62. The molecule has 0 atom stereocenters. The molecule has 1 N–H and O–H groups in total. The molecule has 1 aromatic rings. The number of benzene rings is 1. The van der Waals surface area contributed by atoms with E-state index in [0.717, 1.165) is 24.9 Å². The highest BCUT2D eigenvalue weighted by molar-refractivity contribution is 6.00. The Hall–Kier alpha value is -1.42. The summed E-state index contributed by atoms with van der Waals surface area (Å²) in [4.78, 5) is 2.56. The summed E-state index contributed by atoms with van der Waals surface area (Å²) in [6.45, 7) is 3.47. The Morgan fingerprint density at radius 2 is 1.71 bits per heavy atom. The van der Waals surface area contributed by atoms with Crippen LogP contribution in [0.4, 0.5) is 4.39 Å². The maximum Gasteiger partial charge on any atom is 0.123 e. The fraction of sp³-hybridized carbons (Fsp3) is 0.650. The summed E-state index contributed by atoms with van der Waals surface area (Å²) in [5.41, 5.74) is 2.11. The van der Waals surface area contributed by atoms with E-state index in [0.29, 0.717) is 11.1 Å². The quantitative estimate of drug-likeness (QED) is 0.476. The van der Waals surface area contributed by atoms with Gasteiger partial charge in [-0.15, -0.1) is 0 Å². The summed E-state index contributed by atoms with van der Waals surface area (Å²) in [6, 6.07) is 6.18. The van der Waals surface area contributed by atoms with Gasteiger partial charge in [0.05, 0.1) is 5.71 Å². The molecule has 1 aromatic carbocycles. The molecule has 1 heterocycles. The zero-order valence-corrected chi connectivity index (χ0v) is 14.5. The fourth-order valence-corrected chi connectivity index (χ4v) is 4.42. The van der Waals surface area contributed by atoms with Crippen LogP contribution in [0.15, 0.2) is 29.4 Å². The van der Waals surface area contributed by atoms with E-state index in [-0.39, 0.29) is 5.82 Å². The fourth-order valence-electron chi connectivity index (χ4n) is 4.42. The minimum Gasteiger partial charge on any atom is -0.411 e. The monoisotopic (exact) mass is 332 g/mol. The highest BCUT2D eigenvalue weighted by Gasteiger charge is 2.35. The van der Waals surface area contributed by atoms with Crippen molar-refractivity contribution in [2.45, 2.75) is 57.8 Å². The predicted octanol–water partition coefficient (Wildman–Crippen LogP) is 4.83. The molecule has 0 radical (unpaired) electrons. The second kappa shape index (κ2) is 8.11. The van der Waals surface area contributed by atoms with E-state index in [2.05, 4.69) is 10.1 Å². The molecule has 3 rings (SSSR count). The van der Waals surface area contributed by atoms with Crippen molar-refractivity contribution in [1.29, 1.82) is 0 Å². The number of piperidine rings is 1. The lowest BCUT2D eigenvalue weighted by atomic mass is 9.68. The van der Waals surface area contributed by atoms with Crippen LogP contribution in [0.2, 0.25) is 0 Å². The van der Waals surface area contributed by atoms with Crippen LogP contribution in [0, 0.1) is 11.2 Å². The first-order valence-corrected chi connectivity index (χ1v) is 9.40. The zero-order valence-electron chi connectivity index (χ0n) is 14.5. The summed E-state index contributed by atoms with van der Waals surface area (Å²) < 4.78 is 13.0. The summed E-state index contributed by atoms with van der Waals surface area (Å²) in [7, 11) is 0. The average molecular weight is 332 g/mol. The minimum atomic E-state index is -0.263. The van der Waals surface area contributed by atoms with Crippen molar-refractivity contribution in [2.24, 2.45) is 10.6 Å². The third kappa shape index (κ3) is 4.35. The van der Waals surface area contributed by atoms with Crippen LogP contribution in [-0.2, 0) is 0 Å². The molecule has 2 fully saturated rings. The molecule has 4 heteroatoms. The molecule has 1 saturated carbocycles. The second-order valence-corrected chi connectivity index (χ2v) is 7.56. The first-order valence-electron chi connectivity index (χ1n) is 9.40. The van der Waals surface area contributed by atoms with Gasteiger partial charge < -0.3 is 10.1 Å². The summed E-state index contributed by atoms with van der Waals surface area (Å²) in [5, 5.41) is 12.6. The van der Waals surface area contributed by atoms with Gasteiger partial charge in [0, 0.05) is 0 Å². The lowest BCUT2D eigenvalue weighted by Gasteiger charge is -2.44. The van der Waals surface area contributed by atoms with Crippen LogP contribution in [0.5, 0.6) is 0 Å². The Morgan fingerprint density at radius 1 is 1.04 bits per heavy atom. The van der Waals surface area contributed by atoms with Gasteiger partial charge >= 0.3 is 0 Å². The Balaban J connectivity index is 1.42. The van der Waals surface area contributed by atoms with Crippen molar-refractivity contribution in [1.82, 2.24) is 4.90 Å². The van der Waals surface area contributed by atoms with E-state index >= 15 is 0 Å². The Bertz CT molecular complexity index is 539. The third-order valence-corrected chi connectivity index (χ3v) is 6.02. The van der Waals surface area contributed by atoms with E-state index in [1.165, 1.54) is 70.2 Å². The number of oxime groups is 1. The third-order valence-electron chi connectivity index (χ3n) is 6.02. The minimum absolute atomic E-state index is 0.263. The van der Waals surface area contributed by atoms with Crippen molar-refractivity contribution in [3.8, 4) is 0 Å². The second-order valence-electron chi connectivity index (χ2n) is 7.56. The van der Waals surface area contributed by atoms with Crippen molar-refractivity contribution >= 4 is 5.71 Å². The maximum absolute atomic E-state index is 13.0. The Kier molecular flexibility index (Phi) is 5.88. The number of halogens is 1. The van der Waals surface area contributed by atoms with Gasteiger partial charge in [-0.05, 0) is 81.3 Å². The molecular weight excluding hydrogens is 303 g/mol. The normalized spacial score (nSPS) is 22.0. The zero-order chi connectivity index (χ0) is 16.8. The topological polar surface area (TPSA) is 35.8 Å². The SMILES string of the molecule is O/N=C(/CCCN1CCC2(CCCCC2)CC1)c1ccc(F)cc1. The van der Waals surface area contributed by atoms with Crippen LogP contribution in [0.3, 0.4) is 0 Å². The van der Waals surface area contributed by atoms with E-state index in [4.69, 9.17) is 0 Å². The van der Waals surface area contributed by atoms with Crippen LogP contribution in [-0.4, -0.2) is 35.5 Å². The standard InChI is InChI=1S/C20H29FN2O/c21-18-8-6-17(7-9-18)19(22-24)5-4-14-23-15-12-20(13-16-23)10-2-1-3-11-20/h6-9,24H,1-5,10-16H2/b22-19-. The molecule has 0 aromatic heterocycles. The van der Waals surface area contributed by atoms with E-state index in [9.17, 15) is 9.60 Å². The molecule has 1 aliphatic heterocycles. The first-order chi connectivity index (χ1) is 11.7. The van der Waals surface area contributed by atoms with Crippen molar-refractivity contribution < 1.29 is 9.60 Å². The Morgan fingerprint density at radius 3 is 2.33 bits per heavy atom. The van der Waals surface area contributed by atoms with Crippen molar-refractivity contribution in [3.05, 3.63) is 35.6 Å². The molecular formula is C20H29FN2O. The van der Waals surface area contributed by atoms with Crippen molar-refractivity contribution in [2.75, 3.05) is 19.6 Å². The summed E-state index contributed by atoms with van der Waals surface area (Å²) >= 11 is 0. The van der Waals surface area contributed by atoms with Crippen LogP contribution in [0.1, 0.15) is 63.4 Å². The molecule has 1 saturated heterocycles. The maximum atomic E-state index is 13.0. The van der Waals surface area contributed by atoms with Crippen molar-refractivity contribution in [3.63, 3.8) is 0 Å². The number of rotatable bonds is 5. The lowest BCUT2D eigenvalue weighted by molar-refractivity contribution is 0.0676. The smallest absolute Gasteiger partial charge is 0.123 e.